The summed E-state index contributed by atoms with van der Waals surface area (Å²) in [4.78, 5) is 21.2. The predicted molar refractivity (Wildman–Crippen MR) is 111 cm³/mol. The number of nitrogens with one attached hydrogen (secondary N) is 2. The molecule has 9 nitrogen and oxygen atoms in total. The van der Waals surface area contributed by atoms with E-state index in [1.807, 2.05) is 19.3 Å². The molecule has 4 heterocycles. The Bertz CT molecular complexity index is 1360. The third kappa shape index (κ3) is 3.09. The summed E-state index contributed by atoms with van der Waals surface area (Å²) < 4.78 is 3.50. The lowest BCUT2D eigenvalue weighted by Crippen LogP contribution is -2.05. The van der Waals surface area contributed by atoms with Crippen LogP contribution < -0.4 is 5.32 Å². The first-order valence-electron chi connectivity index (χ1n) is 9.08. The van der Waals surface area contributed by atoms with Crippen molar-refractivity contribution in [1.29, 1.82) is 0 Å². The van der Waals surface area contributed by atoms with Crippen LogP contribution in [-0.2, 0) is 13.6 Å². The average Bonchev–Trinajstić information content (AvgIpc) is 3.37. The molecule has 5 aromatic rings. The minimum Gasteiger partial charge on any atom is -0.361 e. The third-order valence-corrected chi connectivity index (χ3v) is 4.88. The largest absolute Gasteiger partial charge is 0.361 e. The number of aromatic nitrogens is 8. The maximum absolute atomic E-state index is 6.18. The van der Waals surface area contributed by atoms with E-state index in [1.54, 1.807) is 15.6 Å². The number of hydrogen-bond donors (Lipinski definition) is 2. The van der Waals surface area contributed by atoms with Gasteiger partial charge in [0.2, 0.25) is 5.28 Å². The Morgan fingerprint density at radius 1 is 1.14 bits per heavy atom. The molecule has 2 N–H and O–H groups in total. The van der Waals surface area contributed by atoms with E-state index in [1.165, 1.54) is 5.56 Å². The first-order valence-corrected chi connectivity index (χ1v) is 9.46. The average molecular weight is 408 g/mol. The van der Waals surface area contributed by atoms with Crippen molar-refractivity contribution < 1.29 is 0 Å². The Hall–Kier alpha value is -3.46. The first kappa shape index (κ1) is 17.6. The van der Waals surface area contributed by atoms with Gasteiger partial charge in [-0.3, -0.25) is 9.25 Å². The Morgan fingerprint density at radius 3 is 2.79 bits per heavy atom. The van der Waals surface area contributed by atoms with Crippen LogP contribution >= 0.6 is 11.6 Å². The predicted octanol–water partition coefficient (Wildman–Crippen LogP) is 3.31. The molecule has 0 aliphatic carbocycles. The van der Waals surface area contributed by atoms with E-state index in [-0.39, 0.29) is 5.28 Å². The van der Waals surface area contributed by atoms with Gasteiger partial charge in [0.25, 0.3) is 0 Å². The molecule has 0 radical (unpaired) electrons. The summed E-state index contributed by atoms with van der Waals surface area (Å²) in [6.45, 7) is 4.58. The monoisotopic (exact) mass is 407 g/mol. The molecule has 10 heteroatoms. The van der Waals surface area contributed by atoms with Gasteiger partial charge in [-0.25, -0.2) is 9.97 Å². The molecule has 0 fully saturated rings. The Morgan fingerprint density at radius 2 is 2.00 bits per heavy atom. The van der Waals surface area contributed by atoms with Crippen molar-refractivity contribution in [2.24, 2.45) is 7.05 Å². The highest BCUT2D eigenvalue weighted by atomic mass is 35.5. The van der Waals surface area contributed by atoms with Gasteiger partial charge in [0.1, 0.15) is 12.2 Å². The summed E-state index contributed by atoms with van der Waals surface area (Å²) in [7, 11) is 1.86. The lowest BCUT2D eigenvalue weighted by Gasteiger charge is -2.05. The minimum atomic E-state index is 0.133. The Labute approximate surface area is 170 Å². The molecule has 0 amide bonds. The van der Waals surface area contributed by atoms with Crippen molar-refractivity contribution in [3.8, 4) is 5.82 Å². The molecule has 4 aromatic heterocycles. The van der Waals surface area contributed by atoms with Crippen LogP contribution in [0.4, 0.5) is 5.82 Å². The van der Waals surface area contributed by atoms with Crippen LogP contribution in [0.2, 0.25) is 5.28 Å². The Kier molecular flexibility index (Phi) is 3.99. The van der Waals surface area contributed by atoms with Gasteiger partial charge in [-0.1, -0.05) is 6.07 Å². The number of aryl methyl sites for hydroxylation is 3. The van der Waals surface area contributed by atoms with Gasteiger partial charge in [0, 0.05) is 19.3 Å². The normalized spacial score (nSPS) is 11.6. The van der Waals surface area contributed by atoms with E-state index < -0.39 is 0 Å². The summed E-state index contributed by atoms with van der Waals surface area (Å²) in [5.74, 6) is 2.06. The molecule has 0 bridgehead atoms. The number of benzene rings is 1. The van der Waals surface area contributed by atoms with Crippen LogP contribution in [0.5, 0.6) is 0 Å². The van der Waals surface area contributed by atoms with E-state index in [4.69, 9.17) is 16.6 Å². The SMILES string of the molecule is Cc1cc(C)c2nc(CNc3nc(Cl)nc4c3ncn4-c3ccn(C)n3)[nH]c2c1. The van der Waals surface area contributed by atoms with Crippen LogP contribution in [-0.4, -0.2) is 39.3 Å². The van der Waals surface area contributed by atoms with Crippen molar-refractivity contribution in [3.05, 3.63) is 53.0 Å². The summed E-state index contributed by atoms with van der Waals surface area (Å²) >= 11 is 6.18. The fraction of sp³-hybridized carbons (Fsp3) is 0.211. The number of anilines is 1. The van der Waals surface area contributed by atoms with Gasteiger partial charge in [0.15, 0.2) is 22.8 Å². The molecule has 146 valence electrons. The number of hydrogen-bond acceptors (Lipinski definition) is 6. The zero-order valence-electron chi connectivity index (χ0n) is 16.1. The molecular weight excluding hydrogens is 390 g/mol. The molecule has 0 spiro atoms. The molecule has 29 heavy (non-hydrogen) atoms. The highest BCUT2D eigenvalue weighted by Gasteiger charge is 2.15. The first-order chi connectivity index (χ1) is 14.0. The number of H-pyrrole nitrogens is 1. The van der Waals surface area contributed by atoms with E-state index >= 15 is 0 Å². The lowest BCUT2D eigenvalue weighted by molar-refractivity contribution is 0.752. The van der Waals surface area contributed by atoms with Gasteiger partial charge < -0.3 is 10.3 Å². The van der Waals surface area contributed by atoms with Gasteiger partial charge in [0.05, 0.1) is 17.6 Å². The number of halogens is 1. The Balaban J connectivity index is 1.49. The number of nitrogens with zero attached hydrogens (tertiary/aromatic N) is 7. The highest BCUT2D eigenvalue weighted by molar-refractivity contribution is 6.28. The second-order valence-electron chi connectivity index (χ2n) is 6.99. The fourth-order valence-corrected chi connectivity index (χ4v) is 3.63. The van der Waals surface area contributed by atoms with Gasteiger partial charge in [-0.2, -0.15) is 15.1 Å². The molecule has 0 unspecified atom stereocenters. The van der Waals surface area contributed by atoms with Crippen molar-refractivity contribution in [1.82, 2.24) is 39.3 Å². The number of imidazole rings is 2. The molecular formula is C19H18ClN9. The quantitative estimate of drug-likeness (QED) is 0.443. The fourth-order valence-electron chi connectivity index (χ4n) is 3.47. The van der Waals surface area contributed by atoms with Crippen molar-refractivity contribution in [2.45, 2.75) is 20.4 Å². The summed E-state index contributed by atoms with van der Waals surface area (Å²) in [5.41, 5.74) is 5.53. The smallest absolute Gasteiger partial charge is 0.226 e. The summed E-state index contributed by atoms with van der Waals surface area (Å²) in [6.07, 6.45) is 3.52. The minimum absolute atomic E-state index is 0.133. The van der Waals surface area contributed by atoms with Crippen LogP contribution in [0.25, 0.3) is 28.0 Å². The van der Waals surface area contributed by atoms with Crippen molar-refractivity contribution in [3.63, 3.8) is 0 Å². The van der Waals surface area contributed by atoms with E-state index in [2.05, 4.69) is 56.3 Å². The van der Waals surface area contributed by atoms with Gasteiger partial charge >= 0.3 is 0 Å². The van der Waals surface area contributed by atoms with Crippen molar-refractivity contribution in [2.75, 3.05) is 5.32 Å². The molecule has 0 aliphatic heterocycles. The van der Waals surface area contributed by atoms with E-state index in [0.29, 0.717) is 29.3 Å². The van der Waals surface area contributed by atoms with Crippen LogP contribution in [0.3, 0.4) is 0 Å². The van der Waals surface area contributed by atoms with E-state index in [0.717, 1.165) is 22.4 Å². The second kappa shape index (κ2) is 6.56. The van der Waals surface area contributed by atoms with Gasteiger partial charge in [-0.15, -0.1) is 0 Å². The number of rotatable bonds is 4. The van der Waals surface area contributed by atoms with E-state index in [9.17, 15) is 0 Å². The standard InChI is InChI=1S/C19H18ClN9/c1-10-6-11(2)15-12(7-10)23-13(24-15)8-21-17-16-18(26-19(20)25-17)29(9-22-16)14-4-5-28(3)27-14/h4-7,9H,8H2,1-3H3,(H,23,24)(H,21,25,26). The maximum atomic E-state index is 6.18. The van der Waals surface area contributed by atoms with Crippen molar-refractivity contribution >= 4 is 39.6 Å². The molecule has 0 saturated heterocycles. The third-order valence-electron chi connectivity index (χ3n) is 4.71. The number of fused-ring (bicyclic) bond motifs is 2. The highest BCUT2D eigenvalue weighted by Crippen LogP contribution is 2.24. The zero-order valence-corrected chi connectivity index (χ0v) is 16.9. The molecule has 5 rings (SSSR count). The zero-order chi connectivity index (χ0) is 20.1. The van der Waals surface area contributed by atoms with Gasteiger partial charge in [-0.05, 0) is 42.6 Å². The summed E-state index contributed by atoms with van der Waals surface area (Å²) in [5, 5.41) is 7.81. The number of aromatic amines is 1. The molecule has 0 saturated carbocycles. The van der Waals surface area contributed by atoms with Crippen LogP contribution in [0.1, 0.15) is 17.0 Å². The van der Waals surface area contributed by atoms with Crippen LogP contribution in [0.15, 0.2) is 30.7 Å². The van der Waals surface area contributed by atoms with Crippen LogP contribution in [0, 0.1) is 13.8 Å². The maximum Gasteiger partial charge on any atom is 0.226 e. The lowest BCUT2D eigenvalue weighted by atomic mass is 10.1. The topological polar surface area (TPSA) is 102 Å². The molecule has 0 aliphatic rings. The summed E-state index contributed by atoms with van der Waals surface area (Å²) in [6, 6.07) is 6.09. The molecule has 1 aromatic carbocycles. The second-order valence-corrected chi connectivity index (χ2v) is 7.33. The molecule has 0 atom stereocenters.